The van der Waals surface area contributed by atoms with Crippen molar-refractivity contribution < 1.29 is 8.78 Å². The summed E-state index contributed by atoms with van der Waals surface area (Å²) in [5.74, 6) is 0.187. The summed E-state index contributed by atoms with van der Waals surface area (Å²) in [6.45, 7) is 0. The van der Waals surface area contributed by atoms with Gasteiger partial charge in [0.2, 0.25) is 0 Å². The number of benzene rings is 1. The molecule has 0 unspecified atom stereocenters. The Labute approximate surface area is 110 Å². The van der Waals surface area contributed by atoms with Crippen molar-refractivity contribution in [3.63, 3.8) is 0 Å². The second kappa shape index (κ2) is 5.07. The van der Waals surface area contributed by atoms with E-state index < -0.39 is 11.6 Å². The highest BCUT2D eigenvalue weighted by atomic mass is 19.2. The summed E-state index contributed by atoms with van der Waals surface area (Å²) in [6.07, 6.45) is 4.90. The molecule has 1 aromatic carbocycles. The first kappa shape index (κ1) is 12.3. The van der Waals surface area contributed by atoms with Gasteiger partial charge >= 0.3 is 0 Å². The SMILES string of the molecule is Fc1cccc(Cc2nc(C3CCCC3)n[nH]2)c1F. The maximum absolute atomic E-state index is 13.6. The summed E-state index contributed by atoms with van der Waals surface area (Å²) in [4.78, 5) is 4.40. The van der Waals surface area contributed by atoms with Gasteiger partial charge in [0.15, 0.2) is 17.5 Å². The minimum atomic E-state index is -0.826. The summed E-state index contributed by atoms with van der Waals surface area (Å²) >= 11 is 0. The average Bonchev–Trinajstić information content (AvgIpc) is 3.05. The topological polar surface area (TPSA) is 41.6 Å². The van der Waals surface area contributed by atoms with E-state index in [4.69, 9.17) is 0 Å². The summed E-state index contributed by atoms with van der Waals surface area (Å²) in [5, 5.41) is 7.02. The first-order chi connectivity index (χ1) is 9.24. The van der Waals surface area contributed by atoms with E-state index in [0.717, 1.165) is 24.7 Å². The molecule has 0 saturated heterocycles. The smallest absolute Gasteiger partial charge is 0.162 e. The monoisotopic (exact) mass is 263 g/mol. The van der Waals surface area contributed by atoms with Crippen molar-refractivity contribution in [2.45, 2.75) is 38.0 Å². The Balaban J connectivity index is 1.78. The number of aromatic amines is 1. The van der Waals surface area contributed by atoms with Crippen LogP contribution in [0.5, 0.6) is 0 Å². The maximum Gasteiger partial charge on any atom is 0.162 e. The average molecular weight is 263 g/mol. The van der Waals surface area contributed by atoms with Crippen LogP contribution in [-0.2, 0) is 6.42 Å². The Bertz CT molecular complexity index is 574. The van der Waals surface area contributed by atoms with E-state index in [1.165, 1.54) is 18.9 Å². The predicted octanol–water partition coefficient (Wildman–Crippen LogP) is 3.33. The fourth-order valence-corrected chi connectivity index (χ4v) is 2.62. The van der Waals surface area contributed by atoms with Gasteiger partial charge in [0, 0.05) is 12.3 Å². The summed E-state index contributed by atoms with van der Waals surface area (Å²) in [7, 11) is 0. The molecule has 0 aliphatic heterocycles. The Morgan fingerprint density at radius 1 is 1.21 bits per heavy atom. The lowest BCUT2D eigenvalue weighted by molar-refractivity contribution is 0.500. The zero-order chi connectivity index (χ0) is 13.2. The van der Waals surface area contributed by atoms with E-state index in [2.05, 4.69) is 15.2 Å². The van der Waals surface area contributed by atoms with E-state index in [1.54, 1.807) is 6.07 Å². The lowest BCUT2D eigenvalue weighted by Crippen LogP contribution is -1.98. The number of hydrogen-bond donors (Lipinski definition) is 1. The van der Waals surface area contributed by atoms with E-state index in [9.17, 15) is 8.78 Å². The van der Waals surface area contributed by atoms with Gasteiger partial charge in [0.1, 0.15) is 5.82 Å². The fourth-order valence-electron chi connectivity index (χ4n) is 2.62. The van der Waals surface area contributed by atoms with Gasteiger partial charge in [-0.3, -0.25) is 5.10 Å². The van der Waals surface area contributed by atoms with Crippen molar-refractivity contribution in [1.82, 2.24) is 15.2 Å². The maximum atomic E-state index is 13.6. The number of halogens is 2. The molecule has 5 heteroatoms. The Morgan fingerprint density at radius 2 is 2.00 bits per heavy atom. The number of aromatic nitrogens is 3. The van der Waals surface area contributed by atoms with Crippen molar-refractivity contribution >= 4 is 0 Å². The second-order valence-electron chi connectivity index (χ2n) is 5.01. The van der Waals surface area contributed by atoms with E-state index in [1.807, 2.05) is 0 Å². The molecule has 3 rings (SSSR count). The highest BCUT2D eigenvalue weighted by molar-refractivity contribution is 5.22. The molecule has 1 heterocycles. The molecule has 0 bridgehead atoms. The van der Waals surface area contributed by atoms with Crippen molar-refractivity contribution in [2.24, 2.45) is 0 Å². The number of hydrogen-bond acceptors (Lipinski definition) is 2. The van der Waals surface area contributed by atoms with Gasteiger partial charge in [-0.1, -0.05) is 25.0 Å². The molecule has 0 amide bonds. The van der Waals surface area contributed by atoms with Crippen LogP contribution in [0.1, 0.15) is 48.8 Å². The molecule has 1 fully saturated rings. The second-order valence-corrected chi connectivity index (χ2v) is 5.01. The van der Waals surface area contributed by atoms with Gasteiger partial charge in [0.05, 0.1) is 0 Å². The van der Waals surface area contributed by atoms with Crippen molar-refractivity contribution in [3.8, 4) is 0 Å². The minimum Gasteiger partial charge on any atom is -0.263 e. The number of H-pyrrole nitrogens is 1. The van der Waals surface area contributed by atoms with Gasteiger partial charge < -0.3 is 0 Å². The molecule has 1 aromatic heterocycles. The molecule has 0 radical (unpaired) electrons. The molecule has 3 nitrogen and oxygen atoms in total. The van der Waals surface area contributed by atoms with Gasteiger partial charge in [0.25, 0.3) is 0 Å². The highest BCUT2D eigenvalue weighted by Gasteiger charge is 2.21. The molecular formula is C14H15F2N3. The number of nitrogens with one attached hydrogen (secondary N) is 1. The lowest BCUT2D eigenvalue weighted by atomic mass is 10.1. The predicted molar refractivity (Wildman–Crippen MR) is 66.8 cm³/mol. The Kier molecular flexibility index (Phi) is 3.27. The molecule has 0 atom stereocenters. The van der Waals surface area contributed by atoms with Crippen molar-refractivity contribution in [3.05, 3.63) is 47.0 Å². The third-order valence-electron chi connectivity index (χ3n) is 3.66. The van der Waals surface area contributed by atoms with E-state index in [0.29, 0.717) is 17.3 Å². The van der Waals surface area contributed by atoms with E-state index in [-0.39, 0.29) is 6.42 Å². The third kappa shape index (κ3) is 2.50. The minimum absolute atomic E-state index is 0.239. The quantitative estimate of drug-likeness (QED) is 0.922. The lowest BCUT2D eigenvalue weighted by Gasteiger charge is -2.02. The van der Waals surface area contributed by atoms with Crippen LogP contribution in [-0.4, -0.2) is 15.2 Å². The first-order valence-corrected chi connectivity index (χ1v) is 6.58. The number of nitrogens with zero attached hydrogens (tertiary/aromatic N) is 2. The molecule has 1 aliphatic carbocycles. The van der Waals surface area contributed by atoms with Crippen LogP contribution in [0.3, 0.4) is 0 Å². The van der Waals surface area contributed by atoms with Gasteiger partial charge in [-0.05, 0) is 24.5 Å². The molecule has 1 N–H and O–H groups in total. The number of rotatable bonds is 3. The molecule has 19 heavy (non-hydrogen) atoms. The third-order valence-corrected chi connectivity index (χ3v) is 3.66. The van der Waals surface area contributed by atoms with Gasteiger partial charge in [-0.15, -0.1) is 0 Å². The van der Waals surface area contributed by atoms with Gasteiger partial charge in [-0.25, -0.2) is 13.8 Å². The molecule has 1 aliphatic rings. The molecular weight excluding hydrogens is 248 g/mol. The van der Waals surface area contributed by atoms with Crippen LogP contribution in [0.25, 0.3) is 0 Å². The zero-order valence-corrected chi connectivity index (χ0v) is 10.5. The molecule has 0 spiro atoms. The zero-order valence-electron chi connectivity index (χ0n) is 10.5. The Morgan fingerprint density at radius 3 is 2.79 bits per heavy atom. The molecule has 2 aromatic rings. The summed E-state index contributed by atoms with van der Waals surface area (Å²) in [5.41, 5.74) is 0.300. The standard InChI is InChI=1S/C14H15F2N3/c15-11-7-3-6-10(13(11)16)8-12-17-14(19-18-12)9-4-1-2-5-9/h3,6-7,9H,1-2,4-5,8H2,(H,17,18,19). The van der Waals surface area contributed by atoms with Crippen LogP contribution in [0, 0.1) is 11.6 Å². The molecule has 100 valence electrons. The largest absolute Gasteiger partial charge is 0.263 e. The Hall–Kier alpha value is -1.78. The molecule has 1 saturated carbocycles. The summed E-state index contributed by atoms with van der Waals surface area (Å²) in [6, 6.07) is 4.18. The highest BCUT2D eigenvalue weighted by Crippen LogP contribution is 2.32. The van der Waals surface area contributed by atoms with Crippen LogP contribution >= 0.6 is 0 Å². The van der Waals surface area contributed by atoms with Crippen molar-refractivity contribution in [2.75, 3.05) is 0 Å². The van der Waals surface area contributed by atoms with Crippen LogP contribution < -0.4 is 0 Å². The van der Waals surface area contributed by atoms with Gasteiger partial charge in [-0.2, -0.15) is 5.10 Å². The normalized spacial score (nSPS) is 16.1. The van der Waals surface area contributed by atoms with E-state index >= 15 is 0 Å². The van der Waals surface area contributed by atoms with Crippen LogP contribution in [0.15, 0.2) is 18.2 Å². The summed E-state index contributed by atoms with van der Waals surface area (Å²) < 4.78 is 26.7. The van der Waals surface area contributed by atoms with Crippen LogP contribution in [0.2, 0.25) is 0 Å². The first-order valence-electron chi connectivity index (χ1n) is 6.58. The van der Waals surface area contributed by atoms with Crippen LogP contribution in [0.4, 0.5) is 8.78 Å². The van der Waals surface area contributed by atoms with Crippen molar-refractivity contribution in [1.29, 1.82) is 0 Å². The fraction of sp³-hybridized carbons (Fsp3) is 0.429.